The van der Waals surface area contributed by atoms with Crippen molar-refractivity contribution in [2.45, 2.75) is 6.92 Å². The highest BCUT2D eigenvalue weighted by atomic mass is 19.1. The summed E-state index contributed by atoms with van der Waals surface area (Å²) in [6.45, 7) is 1.38. The van der Waals surface area contributed by atoms with Crippen LogP contribution >= 0.6 is 0 Å². The number of nitrogens with two attached hydrogens (primary N) is 1. The van der Waals surface area contributed by atoms with E-state index in [1.54, 1.807) is 0 Å². The molecule has 0 heterocycles. The van der Waals surface area contributed by atoms with E-state index in [0.29, 0.717) is 0 Å². The lowest BCUT2D eigenvalue weighted by molar-refractivity contribution is 0.587. The lowest BCUT2D eigenvalue weighted by atomic mass is 10.0. The van der Waals surface area contributed by atoms with Crippen molar-refractivity contribution < 1.29 is 17.6 Å². The molecule has 0 aromatic heterocycles. The maximum Gasteiger partial charge on any atom is 0.146 e. The fourth-order valence-corrected chi connectivity index (χ4v) is 1.62. The summed E-state index contributed by atoms with van der Waals surface area (Å²) in [4.78, 5) is 0. The third kappa shape index (κ3) is 2.03. The van der Waals surface area contributed by atoms with Crippen LogP contribution in [-0.4, -0.2) is 0 Å². The molecule has 94 valence electrons. The zero-order valence-corrected chi connectivity index (χ0v) is 9.40. The van der Waals surface area contributed by atoms with Crippen LogP contribution in [0.5, 0.6) is 0 Å². The first-order chi connectivity index (χ1) is 8.40. The largest absolute Gasteiger partial charge is 0.396 e. The van der Waals surface area contributed by atoms with E-state index in [1.165, 1.54) is 6.92 Å². The maximum atomic E-state index is 13.6. The number of hydrogen-bond donors (Lipinski definition) is 1. The van der Waals surface area contributed by atoms with E-state index in [9.17, 15) is 17.6 Å². The Bertz CT molecular complexity index is 567. The molecule has 0 aliphatic carbocycles. The molecule has 2 aromatic carbocycles. The predicted molar refractivity (Wildman–Crippen MR) is 60.9 cm³/mol. The molecular weight excluding hydrogens is 246 g/mol. The lowest BCUT2D eigenvalue weighted by Gasteiger charge is -2.08. The number of benzene rings is 2. The minimum absolute atomic E-state index is 0.0903. The van der Waals surface area contributed by atoms with E-state index in [-0.39, 0.29) is 22.4 Å². The third-order valence-corrected chi connectivity index (χ3v) is 2.62. The van der Waals surface area contributed by atoms with Gasteiger partial charge in [-0.1, -0.05) is 0 Å². The number of anilines is 1. The Morgan fingerprint density at radius 1 is 0.722 bits per heavy atom. The van der Waals surface area contributed by atoms with E-state index in [2.05, 4.69) is 0 Å². The summed E-state index contributed by atoms with van der Waals surface area (Å²) in [5, 5.41) is 0. The average molecular weight is 255 g/mol. The predicted octanol–water partition coefficient (Wildman–Crippen LogP) is 3.80. The van der Waals surface area contributed by atoms with Gasteiger partial charge in [-0.3, -0.25) is 0 Å². The molecule has 1 nitrogen and oxygen atoms in total. The molecule has 2 aromatic rings. The zero-order chi connectivity index (χ0) is 13.4. The quantitative estimate of drug-likeness (QED) is 0.608. The molecule has 0 saturated carbocycles. The molecule has 0 atom stereocenters. The van der Waals surface area contributed by atoms with Gasteiger partial charge < -0.3 is 5.73 Å². The molecule has 0 saturated heterocycles. The first-order valence-corrected chi connectivity index (χ1v) is 5.10. The van der Waals surface area contributed by atoms with Gasteiger partial charge in [-0.25, -0.2) is 17.6 Å². The summed E-state index contributed by atoms with van der Waals surface area (Å²) in [5.41, 5.74) is 4.18. The topological polar surface area (TPSA) is 26.0 Å². The Kier molecular flexibility index (Phi) is 2.98. The van der Waals surface area contributed by atoms with Crippen LogP contribution in [0.25, 0.3) is 11.1 Å². The average Bonchev–Trinajstić information content (AvgIpc) is 2.29. The highest BCUT2D eigenvalue weighted by Gasteiger charge is 2.15. The fraction of sp³-hybridized carbons (Fsp3) is 0.0769. The highest BCUT2D eigenvalue weighted by molar-refractivity contribution is 5.67. The van der Waals surface area contributed by atoms with Crippen LogP contribution in [0.3, 0.4) is 0 Å². The Morgan fingerprint density at radius 2 is 1.22 bits per heavy atom. The van der Waals surface area contributed by atoms with E-state index in [4.69, 9.17) is 5.73 Å². The third-order valence-electron chi connectivity index (χ3n) is 2.62. The molecule has 0 amide bonds. The van der Waals surface area contributed by atoms with Gasteiger partial charge in [-0.2, -0.15) is 0 Å². The van der Waals surface area contributed by atoms with Crippen LogP contribution in [0.15, 0.2) is 24.3 Å². The monoisotopic (exact) mass is 255 g/mol. The first kappa shape index (κ1) is 12.4. The summed E-state index contributed by atoms with van der Waals surface area (Å²) >= 11 is 0. The van der Waals surface area contributed by atoms with Crippen molar-refractivity contribution in [3.05, 3.63) is 53.1 Å². The van der Waals surface area contributed by atoms with Gasteiger partial charge in [0, 0.05) is 17.2 Å². The molecule has 18 heavy (non-hydrogen) atoms. The Hall–Kier alpha value is -2.04. The molecule has 0 aliphatic heterocycles. The Labute approximate surface area is 101 Å². The van der Waals surface area contributed by atoms with Gasteiger partial charge in [0.25, 0.3) is 0 Å². The molecule has 5 heteroatoms. The van der Waals surface area contributed by atoms with E-state index >= 15 is 0 Å². The second-order valence-electron chi connectivity index (χ2n) is 3.93. The molecule has 0 bridgehead atoms. The van der Waals surface area contributed by atoms with Crippen molar-refractivity contribution in [1.82, 2.24) is 0 Å². The molecule has 0 fully saturated rings. The SMILES string of the molecule is Cc1cc(F)c(-c2cc(F)c(N)cc2F)cc1F. The van der Waals surface area contributed by atoms with Crippen molar-refractivity contribution in [2.24, 2.45) is 0 Å². The van der Waals surface area contributed by atoms with Crippen molar-refractivity contribution >= 4 is 5.69 Å². The smallest absolute Gasteiger partial charge is 0.146 e. The van der Waals surface area contributed by atoms with Crippen molar-refractivity contribution in [3.8, 4) is 11.1 Å². The molecule has 0 aliphatic rings. The number of halogens is 4. The van der Waals surface area contributed by atoms with Gasteiger partial charge >= 0.3 is 0 Å². The number of rotatable bonds is 1. The van der Waals surface area contributed by atoms with Crippen LogP contribution in [0.1, 0.15) is 5.56 Å². The second-order valence-corrected chi connectivity index (χ2v) is 3.93. The van der Waals surface area contributed by atoms with Crippen LogP contribution in [0.2, 0.25) is 0 Å². The standard InChI is InChI=1S/C13H9F4N/c1-6-2-10(15)7(3-9(6)14)8-4-12(17)13(18)5-11(8)16/h2-5H,18H2,1H3. The molecule has 2 rings (SSSR count). The summed E-state index contributed by atoms with van der Waals surface area (Å²) < 4.78 is 53.8. The van der Waals surface area contributed by atoms with Gasteiger partial charge in [0.2, 0.25) is 0 Å². The molecule has 0 unspecified atom stereocenters. The number of hydrogen-bond acceptors (Lipinski definition) is 1. The normalized spacial score (nSPS) is 10.7. The number of nitrogen functional groups attached to an aromatic ring is 1. The van der Waals surface area contributed by atoms with E-state index < -0.39 is 23.3 Å². The van der Waals surface area contributed by atoms with Crippen LogP contribution in [0, 0.1) is 30.2 Å². The van der Waals surface area contributed by atoms with Crippen LogP contribution < -0.4 is 5.73 Å². The summed E-state index contributed by atoms with van der Waals surface area (Å²) in [7, 11) is 0. The lowest BCUT2D eigenvalue weighted by Crippen LogP contribution is -1.97. The van der Waals surface area contributed by atoms with Gasteiger partial charge in [0.1, 0.15) is 23.3 Å². The molecule has 2 N–H and O–H groups in total. The van der Waals surface area contributed by atoms with E-state index in [1.807, 2.05) is 0 Å². The van der Waals surface area contributed by atoms with Crippen molar-refractivity contribution in [3.63, 3.8) is 0 Å². The molecule has 0 spiro atoms. The van der Waals surface area contributed by atoms with Crippen LogP contribution in [-0.2, 0) is 0 Å². The summed E-state index contributed by atoms with van der Waals surface area (Å²) in [6, 6.07) is 3.25. The highest BCUT2D eigenvalue weighted by Crippen LogP contribution is 2.30. The maximum absolute atomic E-state index is 13.6. The van der Waals surface area contributed by atoms with Gasteiger partial charge in [-0.05, 0) is 30.7 Å². The van der Waals surface area contributed by atoms with Gasteiger partial charge in [0.15, 0.2) is 0 Å². The van der Waals surface area contributed by atoms with Gasteiger partial charge in [-0.15, -0.1) is 0 Å². The molecular formula is C13H9F4N. The van der Waals surface area contributed by atoms with Crippen molar-refractivity contribution in [2.75, 3.05) is 5.73 Å². The zero-order valence-electron chi connectivity index (χ0n) is 9.40. The summed E-state index contributed by atoms with van der Waals surface area (Å²) in [5.74, 6) is -3.30. The van der Waals surface area contributed by atoms with Crippen LogP contribution in [0.4, 0.5) is 23.2 Å². The Balaban J connectivity index is 2.69. The summed E-state index contributed by atoms with van der Waals surface area (Å²) in [6.07, 6.45) is 0. The minimum Gasteiger partial charge on any atom is -0.396 e. The van der Waals surface area contributed by atoms with Crippen molar-refractivity contribution in [1.29, 1.82) is 0 Å². The fourth-order valence-electron chi connectivity index (χ4n) is 1.62. The minimum atomic E-state index is -0.906. The first-order valence-electron chi connectivity index (χ1n) is 5.10. The second kappa shape index (κ2) is 4.33. The van der Waals surface area contributed by atoms with Gasteiger partial charge in [0.05, 0.1) is 5.69 Å². The molecule has 0 radical (unpaired) electrons. The Morgan fingerprint density at radius 3 is 1.83 bits per heavy atom. The number of aryl methyl sites for hydroxylation is 1. The van der Waals surface area contributed by atoms with E-state index in [0.717, 1.165) is 24.3 Å².